The van der Waals surface area contributed by atoms with Gasteiger partial charge in [0.15, 0.2) is 5.75 Å². The van der Waals surface area contributed by atoms with Crippen molar-refractivity contribution in [3.8, 4) is 5.75 Å². The molecule has 0 aliphatic rings. The van der Waals surface area contributed by atoms with Crippen LogP contribution in [0.15, 0.2) is 6.20 Å². The number of aliphatic hydroxyl groups is 1. The van der Waals surface area contributed by atoms with E-state index in [2.05, 4.69) is 5.10 Å². The maximum atomic E-state index is 10.4. The number of aromatic nitrogens is 2. The molecule has 0 fully saturated rings. The minimum atomic E-state index is -0.773. The zero-order chi connectivity index (χ0) is 12.3. The molecule has 5 nitrogen and oxygen atoms in total. The van der Waals surface area contributed by atoms with Gasteiger partial charge in [-0.15, -0.1) is 0 Å². The predicted octanol–water partition coefficient (Wildman–Crippen LogP) is 1.28. The summed E-state index contributed by atoms with van der Waals surface area (Å²) in [4.78, 5) is 0. The number of methoxy groups -OCH3 is 2. The molecule has 0 saturated heterocycles. The molecule has 1 aromatic heterocycles. The van der Waals surface area contributed by atoms with Crippen molar-refractivity contribution in [3.63, 3.8) is 0 Å². The van der Waals surface area contributed by atoms with Crippen molar-refractivity contribution < 1.29 is 14.6 Å². The van der Waals surface area contributed by atoms with Crippen molar-refractivity contribution in [1.82, 2.24) is 9.78 Å². The molecule has 1 heterocycles. The fourth-order valence-electron chi connectivity index (χ4n) is 1.63. The Bertz CT molecular complexity index is 345. The van der Waals surface area contributed by atoms with Gasteiger partial charge in [0.2, 0.25) is 0 Å². The first-order valence-corrected chi connectivity index (χ1v) is 5.29. The summed E-state index contributed by atoms with van der Waals surface area (Å²) >= 11 is 0. The summed E-state index contributed by atoms with van der Waals surface area (Å²) in [5.41, 5.74) is -0.00477. The third-order valence-electron chi connectivity index (χ3n) is 3.17. The van der Waals surface area contributed by atoms with E-state index in [1.165, 1.54) is 0 Å². The number of aliphatic hydroxyl groups excluding tert-OH is 1. The van der Waals surface area contributed by atoms with Gasteiger partial charge in [-0.2, -0.15) is 5.10 Å². The number of nitrogens with zero attached hydrogens (tertiary/aromatic N) is 2. The predicted molar refractivity (Wildman–Crippen MR) is 60.4 cm³/mol. The molecule has 1 aromatic rings. The second-order valence-corrected chi connectivity index (χ2v) is 3.99. The Balaban J connectivity index is 3.12. The molecule has 0 spiro atoms. The monoisotopic (exact) mass is 228 g/mol. The molecular weight excluding hydrogens is 208 g/mol. The maximum Gasteiger partial charge on any atom is 0.162 e. The average molecular weight is 228 g/mol. The SMILES string of the molecule is CCC(C)(OC)C(O)c1c(OC)cnn1C. The quantitative estimate of drug-likeness (QED) is 0.824. The number of hydrogen-bond donors (Lipinski definition) is 1. The highest BCUT2D eigenvalue weighted by Crippen LogP contribution is 2.35. The van der Waals surface area contributed by atoms with Gasteiger partial charge in [0, 0.05) is 14.2 Å². The van der Waals surface area contributed by atoms with E-state index in [4.69, 9.17) is 9.47 Å². The highest BCUT2D eigenvalue weighted by atomic mass is 16.5. The molecule has 0 aliphatic carbocycles. The van der Waals surface area contributed by atoms with E-state index in [9.17, 15) is 5.11 Å². The summed E-state index contributed by atoms with van der Waals surface area (Å²) in [6.07, 6.45) is 1.51. The van der Waals surface area contributed by atoms with Crippen molar-refractivity contribution in [3.05, 3.63) is 11.9 Å². The number of aryl methyl sites for hydroxylation is 1. The lowest BCUT2D eigenvalue weighted by Crippen LogP contribution is -2.35. The summed E-state index contributed by atoms with van der Waals surface area (Å²) in [6, 6.07) is 0. The van der Waals surface area contributed by atoms with Crippen molar-refractivity contribution >= 4 is 0 Å². The van der Waals surface area contributed by atoms with Crippen molar-refractivity contribution in [2.75, 3.05) is 14.2 Å². The fourth-order valence-corrected chi connectivity index (χ4v) is 1.63. The molecule has 0 aromatic carbocycles. The van der Waals surface area contributed by atoms with E-state index in [1.54, 1.807) is 32.1 Å². The van der Waals surface area contributed by atoms with E-state index >= 15 is 0 Å². The Labute approximate surface area is 96.0 Å². The molecule has 16 heavy (non-hydrogen) atoms. The largest absolute Gasteiger partial charge is 0.493 e. The first kappa shape index (κ1) is 13.0. The summed E-state index contributed by atoms with van der Waals surface area (Å²) in [7, 11) is 4.92. The number of hydrogen-bond acceptors (Lipinski definition) is 4. The number of rotatable bonds is 5. The summed E-state index contributed by atoms with van der Waals surface area (Å²) in [5, 5.41) is 14.4. The zero-order valence-corrected chi connectivity index (χ0v) is 10.5. The molecule has 1 N–H and O–H groups in total. The zero-order valence-electron chi connectivity index (χ0n) is 10.5. The van der Waals surface area contributed by atoms with Crippen LogP contribution in [-0.2, 0) is 11.8 Å². The minimum Gasteiger partial charge on any atom is -0.493 e. The highest BCUT2D eigenvalue weighted by molar-refractivity contribution is 5.28. The van der Waals surface area contributed by atoms with E-state index in [1.807, 2.05) is 13.8 Å². The molecule has 5 heteroatoms. The maximum absolute atomic E-state index is 10.4. The topological polar surface area (TPSA) is 56.5 Å². The van der Waals surface area contributed by atoms with Crippen LogP contribution in [0.2, 0.25) is 0 Å². The van der Waals surface area contributed by atoms with Gasteiger partial charge in [0.25, 0.3) is 0 Å². The van der Waals surface area contributed by atoms with Gasteiger partial charge in [-0.3, -0.25) is 4.68 Å². The van der Waals surface area contributed by atoms with Gasteiger partial charge in [0.05, 0.1) is 18.9 Å². The average Bonchev–Trinajstić information content (AvgIpc) is 2.68. The van der Waals surface area contributed by atoms with Crippen molar-refractivity contribution in [2.24, 2.45) is 7.05 Å². The van der Waals surface area contributed by atoms with Crippen LogP contribution in [0.25, 0.3) is 0 Å². The van der Waals surface area contributed by atoms with Crippen molar-refractivity contribution in [1.29, 1.82) is 0 Å². The molecule has 0 aliphatic heterocycles. The molecular formula is C11H20N2O3. The van der Waals surface area contributed by atoms with Gasteiger partial charge in [-0.05, 0) is 13.3 Å². The van der Waals surface area contributed by atoms with Gasteiger partial charge in [0.1, 0.15) is 11.8 Å². The second kappa shape index (κ2) is 4.84. The number of ether oxygens (including phenoxy) is 2. The minimum absolute atomic E-state index is 0.576. The lowest BCUT2D eigenvalue weighted by atomic mass is 9.93. The van der Waals surface area contributed by atoms with Crippen LogP contribution in [-0.4, -0.2) is 34.7 Å². The summed E-state index contributed by atoms with van der Waals surface area (Å²) in [6.45, 7) is 3.83. The van der Waals surface area contributed by atoms with Gasteiger partial charge >= 0.3 is 0 Å². The Morgan fingerprint density at radius 1 is 1.56 bits per heavy atom. The summed E-state index contributed by atoms with van der Waals surface area (Å²) < 4.78 is 12.2. The summed E-state index contributed by atoms with van der Waals surface area (Å²) in [5.74, 6) is 0.576. The first-order valence-electron chi connectivity index (χ1n) is 5.29. The Morgan fingerprint density at radius 3 is 2.62 bits per heavy atom. The van der Waals surface area contributed by atoms with E-state index in [0.717, 1.165) is 0 Å². The molecule has 0 radical (unpaired) electrons. The van der Waals surface area contributed by atoms with Gasteiger partial charge in [-0.25, -0.2) is 0 Å². The van der Waals surface area contributed by atoms with E-state index in [0.29, 0.717) is 17.9 Å². The van der Waals surface area contributed by atoms with Gasteiger partial charge < -0.3 is 14.6 Å². The molecule has 92 valence electrons. The van der Waals surface area contributed by atoms with E-state index < -0.39 is 11.7 Å². The smallest absolute Gasteiger partial charge is 0.162 e. The van der Waals surface area contributed by atoms with Crippen LogP contribution in [0.5, 0.6) is 5.75 Å². The molecule has 2 unspecified atom stereocenters. The Kier molecular flexibility index (Phi) is 3.93. The third-order valence-corrected chi connectivity index (χ3v) is 3.17. The first-order chi connectivity index (χ1) is 7.50. The normalized spacial score (nSPS) is 16.9. The lowest BCUT2D eigenvalue weighted by molar-refractivity contribution is -0.0978. The highest BCUT2D eigenvalue weighted by Gasteiger charge is 2.36. The van der Waals surface area contributed by atoms with Crippen molar-refractivity contribution in [2.45, 2.75) is 32.0 Å². The Morgan fingerprint density at radius 2 is 2.19 bits per heavy atom. The van der Waals surface area contributed by atoms with Crippen LogP contribution < -0.4 is 4.74 Å². The lowest BCUT2D eigenvalue weighted by Gasteiger charge is -2.32. The molecule has 1 rings (SSSR count). The van der Waals surface area contributed by atoms with Gasteiger partial charge in [-0.1, -0.05) is 6.92 Å². The standard InChI is InChI=1S/C11H20N2O3/c1-6-11(2,16-5)10(14)9-8(15-4)7-12-13(9)3/h7,10,14H,6H2,1-5H3. The van der Waals surface area contributed by atoms with E-state index in [-0.39, 0.29) is 0 Å². The fraction of sp³-hybridized carbons (Fsp3) is 0.727. The van der Waals surface area contributed by atoms with Crippen LogP contribution >= 0.6 is 0 Å². The van der Waals surface area contributed by atoms with Crippen LogP contribution in [0, 0.1) is 0 Å². The van der Waals surface area contributed by atoms with Crippen LogP contribution in [0.1, 0.15) is 32.1 Å². The third kappa shape index (κ3) is 2.05. The Hall–Kier alpha value is -1.07. The molecule has 2 atom stereocenters. The second-order valence-electron chi connectivity index (χ2n) is 3.99. The molecule has 0 bridgehead atoms. The molecule has 0 saturated carbocycles. The van der Waals surface area contributed by atoms with Crippen LogP contribution in [0.4, 0.5) is 0 Å². The molecule has 0 amide bonds. The van der Waals surface area contributed by atoms with Crippen LogP contribution in [0.3, 0.4) is 0 Å².